The summed E-state index contributed by atoms with van der Waals surface area (Å²) in [5.74, 6) is 1.55. The Balaban J connectivity index is 1.99. The van der Waals surface area contributed by atoms with Crippen molar-refractivity contribution in [1.29, 1.82) is 5.26 Å². The van der Waals surface area contributed by atoms with Gasteiger partial charge in [-0.3, -0.25) is 0 Å². The average Bonchev–Trinajstić information content (AvgIpc) is 2.93. The van der Waals surface area contributed by atoms with Crippen LogP contribution in [-0.4, -0.2) is 35.0 Å². The monoisotopic (exact) mass is 226 g/mol. The Morgan fingerprint density at radius 1 is 1.53 bits per heavy atom. The summed E-state index contributed by atoms with van der Waals surface area (Å²) in [7, 11) is 2.14. The number of hydrogen-bond acceptors (Lipinski definition) is 3. The van der Waals surface area contributed by atoms with Gasteiger partial charge in [-0.25, -0.2) is 4.98 Å². The topological polar surface area (TPSA) is 55.7 Å². The number of nitrogens with zero attached hydrogens (tertiary/aromatic N) is 3. The van der Waals surface area contributed by atoms with Gasteiger partial charge in [-0.15, -0.1) is 0 Å². The lowest BCUT2D eigenvalue weighted by Gasteiger charge is -2.06. The summed E-state index contributed by atoms with van der Waals surface area (Å²) < 4.78 is 0. The van der Waals surface area contributed by atoms with Gasteiger partial charge in [0.05, 0.1) is 22.7 Å². The second-order valence-corrected chi connectivity index (χ2v) is 4.71. The normalized spacial score (nSPS) is 20.8. The maximum absolute atomic E-state index is 8.86. The Hall–Kier alpha value is -1.86. The van der Waals surface area contributed by atoms with Crippen LogP contribution in [0.2, 0.25) is 0 Å². The molecule has 0 radical (unpaired) electrons. The van der Waals surface area contributed by atoms with E-state index in [2.05, 4.69) is 28.0 Å². The minimum atomic E-state index is 0.498. The molecule has 1 aliphatic heterocycles. The van der Waals surface area contributed by atoms with Crippen molar-refractivity contribution < 1.29 is 0 Å². The lowest BCUT2D eigenvalue weighted by Crippen LogP contribution is -2.13. The number of hydrogen-bond donors (Lipinski definition) is 1. The lowest BCUT2D eigenvalue weighted by atomic mass is 10.1. The summed E-state index contributed by atoms with van der Waals surface area (Å²) in [5.41, 5.74) is 2.60. The molecule has 0 spiro atoms. The van der Waals surface area contributed by atoms with Crippen molar-refractivity contribution in [2.24, 2.45) is 0 Å². The molecule has 1 aromatic carbocycles. The Labute approximate surface area is 99.9 Å². The Morgan fingerprint density at radius 3 is 3.12 bits per heavy atom. The molecule has 17 heavy (non-hydrogen) atoms. The van der Waals surface area contributed by atoms with E-state index in [9.17, 15) is 0 Å². The van der Waals surface area contributed by atoms with Crippen LogP contribution in [0, 0.1) is 11.3 Å². The first kappa shape index (κ1) is 10.3. The molecule has 0 aliphatic carbocycles. The van der Waals surface area contributed by atoms with Crippen LogP contribution in [0.15, 0.2) is 18.2 Å². The maximum Gasteiger partial charge on any atom is 0.111 e. The van der Waals surface area contributed by atoms with Crippen molar-refractivity contribution in [3.8, 4) is 6.07 Å². The van der Waals surface area contributed by atoms with E-state index in [1.165, 1.54) is 0 Å². The molecular weight excluding hydrogens is 212 g/mol. The molecule has 0 bridgehead atoms. The third-order valence-electron chi connectivity index (χ3n) is 3.41. The molecule has 1 aromatic heterocycles. The van der Waals surface area contributed by atoms with E-state index in [0.717, 1.165) is 36.4 Å². The summed E-state index contributed by atoms with van der Waals surface area (Å²) in [4.78, 5) is 10.3. The summed E-state index contributed by atoms with van der Waals surface area (Å²) in [6, 6.07) is 7.74. The smallest absolute Gasteiger partial charge is 0.111 e. The maximum atomic E-state index is 8.86. The van der Waals surface area contributed by atoms with Gasteiger partial charge in [-0.1, -0.05) is 0 Å². The highest BCUT2D eigenvalue weighted by molar-refractivity contribution is 5.76. The van der Waals surface area contributed by atoms with Crippen LogP contribution in [0.1, 0.15) is 23.7 Å². The molecule has 1 saturated heterocycles. The standard InChI is InChI=1S/C13H14N4/c1-17-5-4-10(8-17)13-15-11-3-2-9(7-14)6-12(11)16-13/h2-3,6,10H,4-5,8H2,1H3,(H,15,16)/t10-/m0/s1. The number of likely N-dealkylation sites (N-methyl/N-ethyl adjacent to an activating group) is 1. The molecule has 2 heterocycles. The number of aromatic nitrogens is 2. The van der Waals surface area contributed by atoms with Gasteiger partial charge >= 0.3 is 0 Å². The Bertz CT molecular complexity index is 593. The minimum absolute atomic E-state index is 0.498. The quantitative estimate of drug-likeness (QED) is 0.807. The molecule has 0 saturated carbocycles. The third-order valence-corrected chi connectivity index (χ3v) is 3.41. The minimum Gasteiger partial charge on any atom is -0.342 e. The van der Waals surface area contributed by atoms with Crippen molar-refractivity contribution in [2.45, 2.75) is 12.3 Å². The van der Waals surface area contributed by atoms with E-state index in [-0.39, 0.29) is 0 Å². The van der Waals surface area contributed by atoms with E-state index in [1.807, 2.05) is 18.2 Å². The second-order valence-electron chi connectivity index (χ2n) is 4.71. The number of likely N-dealkylation sites (tertiary alicyclic amines) is 1. The second kappa shape index (κ2) is 3.86. The zero-order valence-electron chi connectivity index (χ0n) is 9.77. The number of rotatable bonds is 1. The first-order valence-corrected chi connectivity index (χ1v) is 5.84. The molecule has 1 atom stereocenters. The molecule has 2 aromatic rings. The SMILES string of the molecule is CN1CC[C@H](c2nc3ccc(C#N)cc3[nH]2)C1. The van der Waals surface area contributed by atoms with Crippen LogP contribution in [-0.2, 0) is 0 Å². The van der Waals surface area contributed by atoms with Crippen LogP contribution in [0.25, 0.3) is 11.0 Å². The van der Waals surface area contributed by atoms with Crippen molar-refractivity contribution in [2.75, 3.05) is 20.1 Å². The molecule has 4 heteroatoms. The zero-order chi connectivity index (χ0) is 11.8. The molecule has 86 valence electrons. The van der Waals surface area contributed by atoms with Crippen LogP contribution < -0.4 is 0 Å². The van der Waals surface area contributed by atoms with Gasteiger partial charge in [0.1, 0.15) is 5.82 Å². The molecular formula is C13H14N4. The third kappa shape index (κ3) is 1.79. The fraction of sp³-hybridized carbons (Fsp3) is 0.385. The van der Waals surface area contributed by atoms with Gasteiger partial charge in [0.2, 0.25) is 0 Å². The van der Waals surface area contributed by atoms with Gasteiger partial charge in [-0.05, 0) is 38.2 Å². The zero-order valence-corrected chi connectivity index (χ0v) is 9.77. The molecule has 1 N–H and O–H groups in total. The van der Waals surface area contributed by atoms with E-state index < -0.39 is 0 Å². The molecule has 4 nitrogen and oxygen atoms in total. The number of H-pyrrole nitrogens is 1. The number of nitrogens with one attached hydrogen (secondary N) is 1. The predicted molar refractivity (Wildman–Crippen MR) is 65.7 cm³/mol. The highest BCUT2D eigenvalue weighted by atomic mass is 15.1. The van der Waals surface area contributed by atoms with Gasteiger partial charge in [-0.2, -0.15) is 5.26 Å². The highest BCUT2D eigenvalue weighted by Gasteiger charge is 2.23. The van der Waals surface area contributed by atoms with Crippen LogP contribution in [0.5, 0.6) is 0 Å². The first-order chi connectivity index (χ1) is 8.26. The Kier molecular flexibility index (Phi) is 2.34. The summed E-state index contributed by atoms with van der Waals surface area (Å²) in [6.07, 6.45) is 1.15. The lowest BCUT2D eigenvalue weighted by molar-refractivity contribution is 0.410. The van der Waals surface area contributed by atoms with Gasteiger partial charge in [0, 0.05) is 12.5 Å². The fourth-order valence-corrected chi connectivity index (χ4v) is 2.45. The van der Waals surface area contributed by atoms with Gasteiger partial charge < -0.3 is 9.88 Å². The molecule has 0 amide bonds. The van der Waals surface area contributed by atoms with Crippen molar-refractivity contribution in [3.05, 3.63) is 29.6 Å². The van der Waals surface area contributed by atoms with E-state index in [0.29, 0.717) is 11.5 Å². The Morgan fingerprint density at radius 2 is 2.41 bits per heavy atom. The number of nitriles is 1. The number of fused-ring (bicyclic) bond motifs is 1. The van der Waals surface area contributed by atoms with Gasteiger partial charge in [0.25, 0.3) is 0 Å². The summed E-state index contributed by atoms with van der Waals surface area (Å²) >= 11 is 0. The van der Waals surface area contributed by atoms with Gasteiger partial charge in [0.15, 0.2) is 0 Å². The van der Waals surface area contributed by atoms with E-state index in [1.54, 1.807) is 0 Å². The number of imidazole rings is 1. The average molecular weight is 226 g/mol. The van der Waals surface area contributed by atoms with E-state index >= 15 is 0 Å². The van der Waals surface area contributed by atoms with Crippen molar-refractivity contribution >= 4 is 11.0 Å². The van der Waals surface area contributed by atoms with Crippen LogP contribution in [0.3, 0.4) is 0 Å². The summed E-state index contributed by atoms with van der Waals surface area (Å²) in [6.45, 7) is 2.19. The molecule has 0 unspecified atom stereocenters. The summed E-state index contributed by atoms with van der Waals surface area (Å²) in [5, 5.41) is 8.86. The first-order valence-electron chi connectivity index (χ1n) is 5.84. The molecule has 1 aliphatic rings. The van der Waals surface area contributed by atoms with Crippen LogP contribution >= 0.6 is 0 Å². The largest absolute Gasteiger partial charge is 0.342 e. The fourth-order valence-electron chi connectivity index (χ4n) is 2.45. The van der Waals surface area contributed by atoms with Crippen LogP contribution in [0.4, 0.5) is 0 Å². The van der Waals surface area contributed by atoms with E-state index in [4.69, 9.17) is 5.26 Å². The molecule has 1 fully saturated rings. The number of benzene rings is 1. The molecule has 3 rings (SSSR count). The van der Waals surface area contributed by atoms with Crippen molar-refractivity contribution in [1.82, 2.24) is 14.9 Å². The highest BCUT2D eigenvalue weighted by Crippen LogP contribution is 2.26. The predicted octanol–water partition coefficient (Wildman–Crippen LogP) is 1.85. The van der Waals surface area contributed by atoms with Crippen molar-refractivity contribution in [3.63, 3.8) is 0 Å². The number of aromatic amines is 1.